The molecule has 0 radical (unpaired) electrons. The van der Waals surface area contributed by atoms with Crippen LogP contribution in [0.1, 0.15) is 11.1 Å². The minimum absolute atomic E-state index is 0.00972. The number of nitrogens with two attached hydrogens (primary N) is 1. The molecular weight excluding hydrogens is 186 g/mol. The van der Waals surface area contributed by atoms with E-state index in [0.717, 1.165) is 16.1 Å². The van der Waals surface area contributed by atoms with E-state index in [2.05, 4.69) is 0 Å². The standard InChI is InChI=1S/C10H14ClNO/c1-7-2-3-8(10(11)4-7)5-9(12)6-13/h2-4,9,13H,5-6,12H2,1H3. The summed E-state index contributed by atoms with van der Waals surface area (Å²) in [6.45, 7) is 1.98. The second-order valence-electron chi connectivity index (χ2n) is 3.24. The van der Waals surface area contributed by atoms with Gasteiger partial charge in [0.05, 0.1) is 6.61 Å². The van der Waals surface area contributed by atoms with Crippen LogP contribution in [-0.2, 0) is 6.42 Å². The zero-order valence-electron chi connectivity index (χ0n) is 7.63. The van der Waals surface area contributed by atoms with E-state index in [0.29, 0.717) is 6.42 Å². The third-order valence-corrected chi connectivity index (χ3v) is 2.28. The molecule has 13 heavy (non-hydrogen) atoms. The van der Waals surface area contributed by atoms with E-state index in [1.54, 1.807) is 0 Å². The van der Waals surface area contributed by atoms with Crippen molar-refractivity contribution >= 4 is 11.6 Å². The van der Waals surface area contributed by atoms with E-state index in [4.69, 9.17) is 22.4 Å². The number of rotatable bonds is 3. The van der Waals surface area contributed by atoms with Crippen molar-refractivity contribution in [2.75, 3.05) is 6.61 Å². The molecule has 0 amide bonds. The Labute approximate surface area is 83.3 Å². The summed E-state index contributed by atoms with van der Waals surface area (Å²) in [6.07, 6.45) is 0.621. The fraction of sp³-hybridized carbons (Fsp3) is 0.400. The molecule has 3 N–H and O–H groups in total. The topological polar surface area (TPSA) is 46.2 Å². The highest BCUT2D eigenvalue weighted by Crippen LogP contribution is 2.18. The van der Waals surface area contributed by atoms with E-state index in [1.807, 2.05) is 25.1 Å². The SMILES string of the molecule is Cc1ccc(CC(N)CO)c(Cl)c1. The first-order chi connectivity index (χ1) is 6.13. The Kier molecular flexibility index (Phi) is 3.72. The van der Waals surface area contributed by atoms with Gasteiger partial charge in [-0.1, -0.05) is 23.7 Å². The highest BCUT2D eigenvalue weighted by molar-refractivity contribution is 6.31. The van der Waals surface area contributed by atoms with Gasteiger partial charge in [0.15, 0.2) is 0 Å². The molecule has 2 nitrogen and oxygen atoms in total. The summed E-state index contributed by atoms with van der Waals surface area (Å²) in [5.41, 5.74) is 7.73. The molecule has 0 fully saturated rings. The van der Waals surface area contributed by atoms with Crippen LogP contribution in [0.5, 0.6) is 0 Å². The van der Waals surface area contributed by atoms with E-state index < -0.39 is 0 Å². The van der Waals surface area contributed by atoms with E-state index in [1.165, 1.54) is 0 Å². The third kappa shape index (κ3) is 2.99. The average molecular weight is 200 g/mol. The molecule has 0 aromatic heterocycles. The number of hydrogen-bond acceptors (Lipinski definition) is 2. The number of hydrogen-bond donors (Lipinski definition) is 2. The van der Waals surface area contributed by atoms with Crippen LogP contribution in [0, 0.1) is 6.92 Å². The molecule has 3 heteroatoms. The number of aliphatic hydroxyl groups is 1. The van der Waals surface area contributed by atoms with Crippen molar-refractivity contribution in [1.29, 1.82) is 0 Å². The molecule has 0 aliphatic rings. The smallest absolute Gasteiger partial charge is 0.0585 e. The zero-order valence-corrected chi connectivity index (χ0v) is 8.38. The Balaban J connectivity index is 2.77. The Morgan fingerprint density at radius 3 is 2.77 bits per heavy atom. The Morgan fingerprint density at radius 1 is 1.54 bits per heavy atom. The van der Waals surface area contributed by atoms with Crippen LogP contribution in [0.25, 0.3) is 0 Å². The van der Waals surface area contributed by atoms with E-state index in [-0.39, 0.29) is 12.6 Å². The summed E-state index contributed by atoms with van der Waals surface area (Å²) in [4.78, 5) is 0. The molecule has 0 saturated carbocycles. The number of aryl methyl sites for hydroxylation is 1. The maximum absolute atomic E-state index is 8.77. The van der Waals surface area contributed by atoms with Crippen LogP contribution in [-0.4, -0.2) is 17.8 Å². The average Bonchev–Trinajstić information content (AvgIpc) is 2.09. The van der Waals surface area contributed by atoms with Crippen LogP contribution in [0.15, 0.2) is 18.2 Å². The summed E-state index contributed by atoms with van der Waals surface area (Å²) in [5, 5.41) is 9.50. The predicted octanol–water partition coefficient (Wildman–Crippen LogP) is 1.51. The van der Waals surface area contributed by atoms with Gasteiger partial charge in [-0.2, -0.15) is 0 Å². The largest absolute Gasteiger partial charge is 0.395 e. The first kappa shape index (κ1) is 10.5. The number of aliphatic hydroxyl groups excluding tert-OH is 1. The minimum Gasteiger partial charge on any atom is -0.395 e. The van der Waals surface area contributed by atoms with Crippen molar-refractivity contribution < 1.29 is 5.11 Å². The maximum Gasteiger partial charge on any atom is 0.0585 e. The molecule has 0 heterocycles. The van der Waals surface area contributed by atoms with Crippen molar-refractivity contribution in [3.63, 3.8) is 0 Å². The Bertz CT molecular complexity index is 288. The second-order valence-corrected chi connectivity index (χ2v) is 3.65. The van der Waals surface area contributed by atoms with Gasteiger partial charge in [0, 0.05) is 11.1 Å². The van der Waals surface area contributed by atoms with Gasteiger partial charge in [-0.3, -0.25) is 0 Å². The molecule has 1 unspecified atom stereocenters. The van der Waals surface area contributed by atoms with Crippen molar-refractivity contribution in [2.24, 2.45) is 5.73 Å². The third-order valence-electron chi connectivity index (χ3n) is 1.93. The second kappa shape index (κ2) is 4.61. The monoisotopic (exact) mass is 199 g/mol. The van der Waals surface area contributed by atoms with Gasteiger partial charge in [-0.15, -0.1) is 0 Å². The Hall–Kier alpha value is -0.570. The molecule has 1 rings (SSSR count). The maximum atomic E-state index is 8.77. The number of halogens is 1. The summed E-state index contributed by atoms with van der Waals surface area (Å²) in [6, 6.07) is 5.62. The highest BCUT2D eigenvalue weighted by atomic mass is 35.5. The zero-order chi connectivity index (χ0) is 9.84. The van der Waals surface area contributed by atoms with Gasteiger partial charge < -0.3 is 10.8 Å². The molecule has 1 aromatic rings. The van der Waals surface area contributed by atoms with Crippen LogP contribution in [0.2, 0.25) is 5.02 Å². The normalized spacial score (nSPS) is 12.9. The van der Waals surface area contributed by atoms with E-state index in [9.17, 15) is 0 Å². The molecule has 0 saturated heterocycles. The fourth-order valence-corrected chi connectivity index (χ4v) is 1.48. The molecule has 1 aromatic carbocycles. The lowest BCUT2D eigenvalue weighted by atomic mass is 10.1. The van der Waals surface area contributed by atoms with Crippen molar-refractivity contribution in [3.8, 4) is 0 Å². The van der Waals surface area contributed by atoms with Crippen molar-refractivity contribution in [2.45, 2.75) is 19.4 Å². The fourth-order valence-electron chi connectivity index (χ4n) is 1.16. The van der Waals surface area contributed by atoms with Gasteiger partial charge in [-0.05, 0) is 30.5 Å². The van der Waals surface area contributed by atoms with Crippen LogP contribution < -0.4 is 5.73 Å². The first-order valence-electron chi connectivity index (χ1n) is 4.25. The predicted molar refractivity (Wildman–Crippen MR) is 55.0 cm³/mol. The Morgan fingerprint density at radius 2 is 2.23 bits per heavy atom. The molecule has 0 aliphatic carbocycles. The van der Waals surface area contributed by atoms with E-state index >= 15 is 0 Å². The van der Waals surface area contributed by atoms with Gasteiger partial charge in [-0.25, -0.2) is 0 Å². The lowest BCUT2D eigenvalue weighted by Crippen LogP contribution is -2.26. The lowest BCUT2D eigenvalue weighted by Gasteiger charge is -2.09. The molecular formula is C10H14ClNO. The molecule has 1 atom stereocenters. The summed E-state index contributed by atoms with van der Waals surface area (Å²) >= 11 is 5.99. The minimum atomic E-state index is -0.222. The first-order valence-corrected chi connectivity index (χ1v) is 4.62. The summed E-state index contributed by atoms with van der Waals surface area (Å²) in [5.74, 6) is 0. The quantitative estimate of drug-likeness (QED) is 0.776. The van der Waals surface area contributed by atoms with Crippen LogP contribution >= 0.6 is 11.6 Å². The molecule has 72 valence electrons. The van der Waals surface area contributed by atoms with Gasteiger partial charge >= 0.3 is 0 Å². The molecule has 0 spiro atoms. The lowest BCUT2D eigenvalue weighted by molar-refractivity contribution is 0.265. The highest BCUT2D eigenvalue weighted by Gasteiger charge is 2.05. The van der Waals surface area contributed by atoms with Crippen LogP contribution in [0.3, 0.4) is 0 Å². The van der Waals surface area contributed by atoms with Crippen molar-refractivity contribution in [3.05, 3.63) is 34.3 Å². The van der Waals surface area contributed by atoms with Crippen LogP contribution in [0.4, 0.5) is 0 Å². The molecule has 0 bridgehead atoms. The van der Waals surface area contributed by atoms with Crippen molar-refractivity contribution in [1.82, 2.24) is 0 Å². The van der Waals surface area contributed by atoms with Gasteiger partial charge in [0.2, 0.25) is 0 Å². The summed E-state index contributed by atoms with van der Waals surface area (Å²) in [7, 11) is 0. The number of benzene rings is 1. The molecule has 0 aliphatic heterocycles. The summed E-state index contributed by atoms with van der Waals surface area (Å²) < 4.78 is 0. The van der Waals surface area contributed by atoms with Gasteiger partial charge in [0.25, 0.3) is 0 Å². The van der Waals surface area contributed by atoms with Gasteiger partial charge in [0.1, 0.15) is 0 Å².